The summed E-state index contributed by atoms with van der Waals surface area (Å²) < 4.78 is 18.6. The van der Waals surface area contributed by atoms with Crippen molar-refractivity contribution in [1.29, 1.82) is 0 Å². The highest BCUT2D eigenvalue weighted by Gasteiger charge is 2.12. The first-order chi connectivity index (χ1) is 10.5. The third-order valence-electron chi connectivity index (χ3n) is 2.77. The van der Waals surface area contributed by atoms with E-state index in [0.717, 1.165) is 0 Å². The lowest BCUT2D eigenvalue weighted by Gasteiger charge is -2.13. The second kappa shape index (κ2) is 6.81. The summed E-state index contributed by atoms with van der Waals surface area (Å²) in [4.78, 5) is 10.2. The number of hydrogen-bond donors (Lipinski definition) is 2. The highest BCUT2D eigenvalue weighted by Crippen LogP contribution is 2.29. The quantitative estimate of drug-likeness (QED) is 0.509. The van der Waals surface area contributed by atoms with E-state index in [1.54, 1.807) is 12.1 Å². The lowest BCUT2D eigenvalue weighted by molar-refractivity contribution is -0.384. The maximum Gasteiger partial charge on any atom is 0.273 e. The Hall–Kier alpha value is -2.74. The minimum absolute atomic E-state index is 0.101. The third kappa shape index (κ3) is 3.67. The molecule has 0 saturated carbocycles. The molecule has 2 rings (SSSR count). The van der Waals surface area contributed by atoms with Gasteiger partial charge in [0.1, 0.15) is 11.6 Å². The largest absolute Gasteiger partial charge is 0.494 e. The van der Waals surface area contributed by atoms with E-state index in [9.17, 15) is 14.5 Å². The van der Waals surface area contributed by atoms with Gasteiger partial charge in [0.2, 0.25) is 0 Å². The number of rotatable bonds is 4. The predicted octanol–water partition coefficient (Wildman–Crippen LogP) is 3.55. The monoisotopic (exact) mass is 321 g/mol. The van der Waals surface area contributed by atoms with Gasteiger partial charge in [0.25, 0.3) is 5.69 Å². The molecule has 8 heteroatoms. The first kappa shape index (κ1) is 15.6. The molecule has 0 bridgehead atoms. The van der Waals surface area contributed by atoms with Gasteiger partial charge < -0.3 is 15.4 Å². The first-order valence-electron chi connectivity index (χ1n) is 6.16. The van der Waals surface area contributed by atoms with Crippen LogP contribution in [0.3, 0.4) is 0 Å². The fourth-order valence-corrected chi connectivity index (χ4v) is 1.96. The summed E-state index contributed by atoms with van der Waals surface area (Å²) in [7, 11) is 1.39. The Labute approximate surface area is 131 Å². The minimum Gasteiger partial charge on any atom is -0.494 e. The van der Waals surface area contributed by atoms with Gasteiger partial charge in [-0.05, 0) is 30.4 Å². The summed E-state index contributed by atoms with van der Waals surface area (Å²) in [5.41, 5.74) is 0.554. The van der Waals surface area contributed by atoms with Crippen molar-refractivity contribution < 1.29 is 14.1 Å². The molecule has 2 N–H and O–H groups in total. The number of para-hydroxylation sites is 1. The highest BCUT2D eigenvalue weighted by molar-refractivity contribution is 7.80. The number of nitro benzene ring substituents is 1. The summed E-state index contributed by atoms with van der Waals surface area (Å²) >= 11 is 5.09. The molecule has 6 nitrogen and oxygen atoms in total. The van der Waals surface area contributed by atoms with Crippen LogP contribution in [0.4, 0.5) is 21.5 Å². The number of halogens is 1. The number of nitrogens with one attached hydrogen (secondary N) is 2. The predicted molar refractivity (Wildman–Crippen MR) is 85.9 cm³/mol. The Kier molecular flexibility index (Phi) is 4.84. The molecule has 0 radical (unpaired) electrons. The Balaban J connectivity index is 2.15. The lowest BCUT2D eigenvalue weighted by atomic mass is 10.2. The molecule has 0 aliphatic carbocycles. The molecule has 0 unspecified atom stereocenters. The number of anilines is 2. The van der Waals surface area contributed by atoms with E-state index in [2.05, 4.69) is 10.6 Å². The maximum absolute atomic E-state index is 13.5. The van der Waals surface area contributed by atoms with Crippen LogP contribution in [0.25, 0.3) is 0 Å². The summed E-state index contributed by atoms with van der Waals surface area (Å²) in [6.07, 6.45) is 0. The van der Waals surface area contributed by atoms with Crippen molar-refractivity contribution >= 4 is 34.4 Å². The maximum atomic E-state index is 13.5. The Morgan fingerprint density at radius 2 is 1.91 bits per heavy atom. The van der Waals surface area contributed by atoms with Crippen LogP contribution in [0, 0.1) is 15.9 Å². The van der Waals surface area contributed by atoms with E-state index in [4.69, 9.17) is 17.0 Å². The van der Waals surface area contributed by atoms with Gasteiger partial charge >= 0.3 is 0 Å². The number of nitrogens with zero attached hydrogens (tertiary/aromatic N) is 1. The first-order valence-corrected chi connectivity index (χ1v) is 6.57. The van der Waals surface area contributed by atoms with Gasteiger partial charge in [0.15, 0.2) is 5.11 Å². The molecule has 0 aliphatic rings. The van der Waals surface area contributed by atoms with E-state index >= 15 is 0 Å². The zero-order valence-corrected chi connectivity index (χ0v) is 12.3. The number of benzene rings is 2. The smallest absolute Gasteiger partial charge is 0.273 e. The van der Waals surface area contributed by atoms with E-state index in [1.807, 2.05) is 0 Å². The molecule has 0 aromatic heterocycles. The van der Waals surface area contributed by atoms with Crippen LogP contribution in [0.2, 0.25) is 0 Å². The summed E-state index contributed by atoms with van der Waals surface area (Å²) in [6.45, 7) is 0. The number of nitro groups is 1. The normalized spacial score (nSPS) is 9.91. The number of ether oxygens (including phenoxy) is 1. The Morgan fingerprint density at radius 1 is 1.23 bits per heavy atom. The second-order valence-corrected chi connectivity index (χ2v) is 4.61. The third-order valence-corrected chi connectivity index (χ3v) is 2.97. The van der Waals surface area contributed by atoms with Crippen LogP contribution in [-0.2, 0) is 0 Å². The number of methoxy groups -OCH3 is 1. The highest BCUT2D eigenvalue weighted by atomic mass is 32.1. The van der Waals surface area contributed by atoms with Gasteiger partial charge in [-0.2, -0.15) is 0 Å². The molecule has 0 atom stereocenters. The average molecular weight is 321 g/mol. The van der Waals surface area contributed by atoms with Crippen molar-refractivity contribution in [3.63, 3.8) is 0 Å². The van der Waals surface area contributed by atoms with E-state index in [0.29, 0.717) is 5.69 Å². The van der Waals surface area contributed by atoms with E-state index in [-0.39, 0.29) is 22.2 Å². The van der Waals surface area contributed by atoms with Crippen molar-refractivity contribution in [3.8, 4) is 5.75 Å². The SMILES string of the molecule is COc1cc([N+](=O)[O-])ccc1NC(=S)Nc1ccccc1F. The number of hydrogen-bond acceptors (Lipinski definition) is 4. The van der Waals surface area contributed by atoms with Crippen molar-refractivity contribution in [2.75, 3.05) is 17.7 Å². The summed E-state index contributed by atoms with van der Waals surface area (Å²) in [5.74, 6) is -0.186. The molecule has 2 aromatic rings. The fourth-order valence-electron chi connectivity index (χ4n) is 1.74. The van der Waals surface area contributed by atoms with Crippen LogP contribution < -0.4 is 15.4 Å². The van der Waals surface area contributed by atoms with Gasteiger partial charge in [-0.3, -0.25) is 10.1 Å². The van der Waals surface area contributed by atoms with Crippen LogP contribution in [0.5, 0.6) is 5.75 Å². The zero-order chi connectivity index (χ0) is 16.1. The van der Waals surface area contributed by atoms with Gasteiger partial charge in [0, 0.05) is 6.07 Å². The van der Waals surface area contributed by atoms with Crippen LogP contribution in [0.15, 0.2) is 42.5 Å². The second-order valence-electron chi connectivity index (χ2n) is 4.20. The number of non-ortho nitro benzene ring substituents is 1. The number of thiocarbonyl (C=S) groups is 1. The van der Waals surface area contributed by atoms with Crippen molar-refractivity contribution in [2.24, 2.45) is 0 Å². The fraction of sp³-hybridized carbons (Fsp3) is 0.0714. The minimum atomic E-state index is -0.526. The molecule has 0 spiro atoms. The molecule has 0 amide bonds. The van der Waals surface area contributed by atoms with Gasteiger partial charge in [-0.15, -0.1) is 0 Å². The molecule has 2 aromatic carbocycles. The molecular weight excluding hydrogens is 309 g/mol. The summed E-state index contributed by atoms with van der Waals surface area (Å²) in [5, 5.41) is 16.4. The molecule has 0 saturated heterocycles. The standard InChI is InChI=1S/C14H12FN3O3S/c1-21-13-8-9(18(19)20)6-7-12(13)17-14(22)16-11-5-3-2-4-10(11)15/h2-8H,1H3,(H2,16,17,22). The van der Waals surface area contributed by atoms with E-state index < -0.39 is 10.7 Å². The van der Waals surface area contributed by atoms with Gasteiger partial charge in [0.05, 0.1) is 29.5 Å². The van der Waals surface area contributed by atoms with E-state index in [1.165, 1.54) is 37.4 Å². The Morgan fingerprint density at radius 3 is 2.55 bits per heavy atom. The molecule has 22 heavy (non-hydrogen) atoms. The molecule has 0 heterocycles. The topological polar surface area (TPSA) is 76.4 Å². The zero-order valence-electron chi connectivity index (χ0n) is 11.5. The van der Waals surface area contributed by atoms with Crippen LogP contribution in [-0.4, -0.2) is 17.1 Å². The van der Waals surface area contributed by atoms with Crippen molar-refractivity contribution in [1.82, 2.24) is 0 Å². The van der Waals surface area contributed by atoms with Gasteiger partial charge in [-0.25, -0.2) is 4.39 Å². The van der Waals surface area contributed by atoms with Gasteiger partial charge in [-0.1, -0.05) is 12.1 Å². The molecule has 0 aliphatic heterocycles. The lowest BCUT2D eigenvalue weighted by Crippen LogP contribution is -2.20. The molecule has 0 fully saturated rings. The van der Waals surface area contributed by atoms with Crippen LogP contribution >= 0.6 is 12.2 Å². The molecular formula is C14H12FN3O3S. The average Bonchev–Trinajstić information content (AvgIpc) is 2.49. The van der Waals surface area contributed by atoms with Crippen molar-refractivity contribution in [2.45, 2.75) is 0 Å². The molecule has 114 valence electrons. The van der Waals surface area contributed by atoms with Crippen LogP contribution in [0.1, 0.15) is 0 Å². The van der Waals surface area contributed by atoms with Crippen molar-refractivity contribution in [3.05, 3.63) is 58.4 Å². The Bertz CT molecular complexity index is 724. The summed E-state index contributed by atoms with van der Waals surface area (Å²) in [6, 6.07) is 10.1.